The first-order valence-corrected chi connectivity index (χ1v) is 7.47. The van der Waals surface area contributed by atoms with Gasteiger partial charge in [-0.2, -0.15) is 0 Å². The fraction of sp³-hybridized carbons (Fsp3) is 0.412. The Morgan fingerprint density at radius 1 is 1.30 bits per heavy atom. The number of hydrogen-bond acceptors (Lipinski definition) is 5. The van der Waals surface area contributed by atoms with Gasteiger partial charge in [-0.15, -0.1) is 4.39 Å². The third kappa shape index (κ3) is 3.52. The molecule has 1 atom stereocenters. The van der Waals surface area contributed by atoms with E-state index in [1.165, 1.54) is 6.07 Å². The molecule has 2 heterocycles. The summed E-state index contributed by atoms with van der Waals surface area (Å²) in [6.07, 6.45) is -2.23. The van der Waals surface area contributed by atoms with Crippen LogP contribution in [-0.2, 0) is 11.2 Å². The smallest absolute Gasteiger partial charge is 0.484 e. The molecule has 1 aliphatic heterocycles. The van der Waals surface area contributed by atoms with Crippen LogP contribution in [0.25, 0.3) is 11.0 Å². The lowest BCUT2D eigenvalue weighted by Gasteiger charge is -2.38. The summed E-state index contributed by atoms with van der Waals surface area (Å²) < 4.78 is 28.1. The van der Waals surface area contributed by atoms with Gasteiger partial charge in [-0.1, -0.05) is 13.8 Å². The fourth-order valence-electron chi connectivity index (χ4n) is 2.49. The van der Waals surface area contributed by atoms with Gasteiger partial charge in [0.1, 0.15) is 23.0 Å². The van der Waals surface area contributed by atoms with Crippen LogP contribution in [0, 0.1) is 0 Å². The summed E-state index contributed by atoms with van der Waals surface area (Å²) in [4.78, 5) is 21.8. The topological polar surface area (TPSA) is 65.7 Å². The van der Waals surface area contributed by atoms with Crippen molar-refractivity contribution in [3.8, 4) is 5.75 Å². The Kier molecular flexibility index (Phi) is 4.73. The van der Waals surface area contributed by atoms with Crippen molar-refractivity contribution in [3.63, 3.8) is 0 Å². The minimum absolute atomic E-state index is 0.326. The van der Waals surface area contributed by atoms with Crippen LogP contribution < -0.4 is 10.4 Å². The molecule has 0 saturated heterocycles. The first-order valence-electron chi connectivity index (χ1n) is 7.47. The third-order valence-corrected chi connectivity index (χ3v) is 3.59. The summed E-state index contributed by atoms with van der Waals surface area (Å²) in [5, 5.41) is 0.724. The molecule has 0 radical (unpaired) electrons. The number of hydrogen-bond donors (Lipinski definition) is 0. The van der Waals surface area contributed by atoms with Crippen LogP contribution in [0.4, 0.5) is 9.18 Å². The van der Waals surface area contributed by atoms with Crippen molar-refractivity contribution in [2.45, 2.75) is 45.8 Å². The normalized spacial score (nSPS) is 18.2. The van der Waals surface area contributed by atoms with Crippen LogP contribution in [0.3, 0.4) is 0 Å². The van der Waals surface area contributed by atoms with E-state index in [4.69, 9.17) is 13.9 Å². The highest BCUT2D eigenvalue weighted by atomic mass is 19.1. The number of carbonyl (C=O) groups excluding carboxylic acids is 1. The number of halogens is 1. The summed E-state index contributed by atoms with van der Waals surface area (Å²) in [5.74, 6) is 0.535. The van der Waals surface area contributed by atoms with Crippen molar-refractivity contribution in [1.82, 2.24) is 0 Å². The van der Waals surface area contributed by atoms with E-state index in [1.54, 1.807) is 32.0 Å². The minimum atomic E-state index is -1.83. The Labute approximate surface area is 133 Å². The summed E-state index contributed by atoms with van der Waals surface area (Å²) in [7, 11) is 0. The molecular weight excluding hydrogens is 303 g/mol. The lowest BCUT2D eigenvalue weighted by atomic mass is 9.90. The minimum Gasteiger partial charge on any atom is -0.484 e. The van der Waals surface area contributed by atoms with Crippen molar-refractivity contribution >= 4 is 17.2 Å². The van der Waals surface area contributed by atoms with Crippen molar-refractivity contribution in [2.24, 2.45) is 0 Å². The molecule has 0 N–H and O–H groups in total. The maximum Gasteiger partial charge on any atom is 0.495 e. The fourth-order valence-corrected chi connectivity index (χ4v) is 2.49. The maximum atomic E-state index is 12.5. The molecule has 1 aromatic carbocycles. The van der Waals surface area contributed by atoms with Gasteiger partial charge < -0.3 is 13.9 Å². The first kappa shape index (κ1) is 17.0. The van der Waals surface area contributed by atoms with Crippen LogP contribution in [0.2, 0.25) is 0 Å². The summed E-state index contributed by atoms with van der Waals surface area (Å²) in [6.45, 7) is 7.41. The standard InChI is InChI=1S/C15H13FO5.C2H6/c1-15(2)12(20-14(16)18)6-9-5-8-3-4-13(17)19-10(8)7-11(9)21-15;1-2/h3-5,7,12H,6H2,1-2H3;1-2H3. The Morgan fingerprint density at radius 2 is 2.00 bits per heavy atom. The van der Waals surface area contributed by atoms with Crippen LogP contribution in [-0.4, -0.2) is 17.9 Å². The van der Waals surface area contributed by atoms with Gasteiger partial charge in [-0.3, -0.25) is 0 Å². The molecule has 0 bridgehead atoms. The Bertz CT molecular complexity index is 778. The molecule has 1 unspecified atom stereocenters. The van der Waals surface area contributed by atoms with Crippen molar-refractivity contribution in [3.05, 3.63) is 40.2 Å². The summed E-state index contributed by atoms with van der Waals surface area (Å²) >= 11 is 0. The van der Waals surface area contributed by atoms with Gasteiger partial charge in [-0.05, 0) is 31.5 Å². The van der Waals surface area contributed by atoms with Crippen LogP contribution in [0.1, 0.15) is 33.3 Å². The van der Waals surface area contributed by atoms with Gasteiger partial charge in [0.05, 0.1) is 0 Å². The SMILES string of the molecule is CC.CC1(C)Oc2cc3oc(=O)ccc3cc2CC1OC(=O)F. The predicted octanol–water partition coefficient (Wildman–Crippen LogP) is 4.01. The quantitative estimate of drug-likeness (QED) is 0.586. The molecule has 124 valence electrons. The van der Waals surface area contributed by atoms with Gasteiger partial charge >= 0.3 is 11.8 Å². The summed E-state index contributed by atoms with van der Waals surface area (Å²) in [5.41, 5.74) is -0.140. The van der Waals surface area contributed by atoms with Crippen molar-refractivity contribution in [2.75, 3.05) is 0 Å². The van der Waals surface area contributed by atoms with Crippen LogP contribution in [0.15, 0.2) is 33.5 Å². The second kappa shape index (κ2) is 6.40. The van der Waals surface area contributed by atoms with Gasteiger partial charge in [0.25, 0.3) is 0 Å². The molecule has 5 nitrogen and oxygen atoms in total. The number of fused-ring (bicyclic) bond motifs is 2. The second-order valence-corrected chi connectivity index (χ2v) is 5.51. The molecule has 1 aliphatic rings. The zero-order chi connectivity index (χ0) is 17.2. The molecule has 6 heteroatoms. The summed E-state index contributed by atoms with van der Waals surface area (Å²) in [6, 6.07) is 6.36. The monoisotopic (exact) mass is 322 g/mol. The van der Waals surface area contributed by atoms with Crippen molar-refractivity contribution in [1.29, 1.82) is 0 Å². The molecule has 2 aromatic rings. The molecule has 0 amide bonds. The molecule has 3 rings (SSSR count). The second-order valence-electron chi connectivity index (χ2n) is 5.51. The average Bonchev–Trinajstić information content (AvgIpc) is 2.47. The maximum absolute atomic E-state index is 12.5. The molecule has 0 spiro atoms. The van der Waals surface area contributed by atoms with E-state index < -0.39 is 23.6 Å². The largest absolute Gasteiger partial charge is 0.495 e. The Balaban J connectivity index is 0.000000924. The zero-order valence-electron chi connectivity index (χ0n) is 13.5. The van der Waals surface area contributed by atoms with E-state index in [9.17, 15) is 14.0 Å². The molecule has 0 aliphatic carbocycles. The first-order chi connectivity index (χ1) is 10.8. The number of rotatable bonds is 1. The molecule has 0 fully saturated rings. The van der Waals surface area contributed by atoms with Gasteiger partial charge in [-0.25, -0.2) is 9.59 Å². The average molecular weight is 322 g/mol. The van der Waals surface area contributed by atoms with Crippen molar-refractivity contribution < 1.29 is 23.1 Å². The van der Waals surface area contributed by atoms with Crippen LogP contribution >= 0.6 is 0 Å². The molecule has 0 saturated carbocycles. The molecule has 23 heavy (non-hydrogen) atoms. The van der Waals surface area contributed by atoms with Gasteiger partial charge in [0.2, 0.25) is 0 Å². The van der Waals surface area contributed by atoms with E-state index in [2.05, 4.69) is 0 Å². The van der Waals surface area contributed by atoms with Crippen LogP contribution in [0.5, 0.6) is 5.75 Å². The number of ether oxygens (including phenoxy) is 2. The molecular formula is C17H19FO5. The van der Waals surface area contributed by atoms with Gasteiger partial charge in [0, 0.05) is 23.9 Å². The van der Waals surface area contributed by atoms with E-state index in [0.29, 0.717) is 17.8 Å². The third-order valence-electron chi connectivity index (χ3n) is 3.59. The van der Waals surface area contributed by atoms with Gasteiger partial charge in [0.15, 0.2) is 0 Å². The lowest BCUT2D eigenvalue weighted by molar-refractivity contribution is -0.0560. The van der Waals surface area contributed by atoms with E-state index in [-0.39, 0.29) is 0 Å². The Hall–Kier alpha value is -2.37. The number of benzene rings is 1. The zero-order valence-corrected chi connectivity index (χ0v) is 13.5. The highest BCUT2D eigenvalue weighted by Crippen LogP contribution is 2.37. The highest BCUT2D eigenvalue weighted by Gasteiger charge is 2.40. The Morgan fingerprint density at radius 3 is 2.65 bits per heavy atom. The van der Waals surface area contributed by atoms with E-state index >= 15 is 0 Å². The highest BCUT2D eigenvalue weighted by molar-refractivity contribution is 5.79. The predicted molar refractivity (Wildman–Crippen MR) is 83.6 cm³/mol. The number of carbonyl (C=O) groups is 1. The van der Waals surface area contributed by atoms with E-state index in [1.807, 2.05) is 13.8 Å². The van der Waals surface area contributed by atoms with E-state index in [0.717, 1.165) is 10.9 Å². The lowest BCUT2D eigenvalue weighted by Crippen LogP contribution is -2.48. The molecule has 1 aromatic heterocycles.